The van der Waals surface area contributed by atoms with Gasteiger partial charge in [-0.25, -0.2) is 4.98 Å². The van der Waals surface area contributed by atoms with Crippen LogP contribution in [-0.2, 0) is 30.7 Å². The van der Waals surface area contributed by atoms with Crippen LogP contribution in [0.25, 0.3) is 10.9 Å². The average molecular weight is 432 g/mol. The molecule has 0 saturated heterocycles. The number of ether oxygens (including phenoxy) is 2. The Bertz CT molecular complexity index is 1160. The molecule has 4 rings (SSSR count). The number of hydrogen-bond donors (Lipinski definition) is 1. The standard InChI is InChI=1S/C21H19F3N4O3/c1-28(8-12-4-3-11(7-26-12)21(22,23)24)20(29)14-5-13-15-9-31-10-16(15)19(25)27-17(13)6-18(14)30-2/h3-7H,8-10H2,1-2H3,(H2,25,27). The third-order valence-corrected chi connectivity index (χ3v) is 5.18. The molecule has 0 saturated carbocycles. The van der Waals surface area contributed by atoms with Gasteiger partial charge in [0.15, 0.2) is 0 Å². The number of fused-ring (bicyclic) bond motifs is 3. The Balaban J connectivity index is 1.65. The van der Waals surface area contributed by atoms with E-state index < -0.39 is 11.7 Å². The minimum Gasteiger partial charge on any atom is -0.496 e. The Morgan fingerprint density at radius 3 is 2.65 bits per heavy atom. The van der Waals surface area contributed by atoms with Gasteiger partial charge in [-0.3, -0.25) is 9.78 Å². The van der Waals surface area contributed by atoms with E-state index >= 15 is 0 Å². The van der Waals surface area contributed by atoms with Gasteiger partial charge in [-0.2, -0.15) is 13.2 Å². The number of nitrogens with zero attached hydrogens (tertiary/aromatic N) is 3. The topological polar surface area (TPSA) is 90.6 Å². The molecule has 31 heavy (non-hydrogen) atoms. The largest absolute Gasteiger partial charge is 0.496 e. The molecular weight excluding hydrogens is 413 g/mol. The summed E-state index contributed by atoms with van der Waals surface area (Å²) in [6.07, 6.45) is -3.71. The summed E-state index contributed by atoms with van der Waals surface area (Å²) in [7, 11) is 2.98. The van der Waals surface area contributed by atoms with Gasteiger partial charge in [-0.1, -0.05) is 0 Å². The average Bonchev–Trinajstić information content (AvgIpc) is 3.23. The normalized spacial score (nSPS) is 13.3. The Kier molecular flexibility index (Phi) is 5.18. The van der Waals surface area contributed by atoms with Gasteiger partial charge in [0.25, 0.3) is 5.91 Å². The van der Waals surface area contributed by atoms with Gasteiger partial charge in [0, 0.05) is 30.3 Å². The van der Waals surface area contributed by atoms with Gasteiger partial charge < -0.3 is 20.1 Å². The highest BCUT2D eigenvalue weighted by molar-refractivity contribution is 6.02. The predicted molar refractivity (Wildman–Crippen MR) is 106 cm³/mol. The number of nitrogens with two attached hydrogens (primary N) is 1. The molecule has 0 aliphatic carbocycles. The third kappa shape index (κ3) is 3.86. The van der Waals surface area contributed by atoms with Gasteiger partial charge in [0.05, 0.1) is 49.2 Å². The summed E-state index contributed by atoms with van der Waals surface area (Å²) >= 11 is 0. The number of benzene rings is 1. The number of carbonyl (C=O) groups excluding carboxylic acids is 1. The molecule has 0 radical (unpaired) electrons. The van der Waals surface area contributed by atoms with E-state index in [4.69, 9.17) is 15.2 Å². The Morgan fingerprint density at radius 1 is 1.26 bits per heavy atom. The molecule has 2 aromatic heterocycles. The van der Waals surface area contributed by atoms with E-state index in [2.05, 4.69) is 9.97 Å². The summed E-state index contributed by atoms with van der Waals surface area (Å²) in [4.78, 5) is 22.7. The molecule has 0 fully saturated rings. The van der Waals surface area contributed by atoms with E-state index in [9.17, 15) is 18.0 Å². The van der Waals surface area contributed by atoms with E-state index in [-0.39, 0.29) is 12.5 Å². The summed E-state index contributed by atoms with van der Waals surface area (Å²) in [5.74, 6) is 0.326. The second kappa shape index (κ2) is 7.69. The number of aromatic nitrogens is 2. The number of nitrogen functional groups attached to an aromatic ring is 1. The molecule has 2 N–H and O–H groups in total. The van der Waals surface area contributed by atoms with Crippen molar-refractivity contribution in [3.8, 4) is 5.75 Å². The number of halogens is 3. The number of methoxy groups -OCH3 is 1. The molecule has 0 unspecified atom stereocenters. The first-order valence-electron chi connectivity index (χ1n) is 9.33. The molecule has 1 amide bonds. The van der Waals surface area contributed by atoms with Crippen LogP contribution in [-0.4, -0.2) is 34.9 Å². The lowest BCUT2D eigenvalue weighted by molar-refractivity contribution is -0.137. The fourth-order valence-electron chi connectivity index (χ4n) is 3.54. The number of rotatable bonds is 4. The fourth-order valence-corrected chi connectivity index (χ4v) is 3.54. The zero-order valence-corrected chi connectivity index (χ0v) is 16.8. The lowest BCUT2D eigenvalue weighted by Gasteiger charge is -2.19. The smallest absolute Gasteiger partial charge is 0.417 e. The SMILES string of the molecule is COc1cc2nc(N)c3c(c2cc1C(=O)N(C)Cc1ccc(C(F)(F)F)cn1)COC3. The Morgan fingerprint density at radius 2 is 2.00 bits per heavy atom. The van der Waals surface area contributed by atoms with E-state index in [0.29, 0.717) is 41.6 Å². The number of carbonyl (C=O) groups is 1. The molecule has 7 nitrogen and oxygen atoms in total. The monoisotopic (exact) mass is 432 g/mol. The number of amides is 1. The Labute approximate surface area is 175 Å². The first kappa shape index (κ1) is 20.9. The first-order chi connectivity index (χ1) is 14.7. The molecule has 3 aromatic rings. The van der Waals surface area contributed by atoms with Crippen molar-refractivity contribution in [2.75, 3.05) is 19.9 Å². The van der Waals surface area contributed by atoms with Crippen molar-refractivity contribution >= 4 is 22.6 Å². The first-order valence-corrected chi connectivity index (χ1v) is 9.33. The van der Waals surface area contributed by atoms with Crippen molar-refractivity contribution in [3.63, 3.8) is 0 Å². The quantitative estimate of drug-likeness (QED) is 0.678. The zero-order valence-electron chi connectivity index (χ0n) is 16.8. The highest BCUT2D eigenvalue weighted by Gasteiger charge is 2.31. The van der Waals surface area contributed by atoms with Crippen LogP contribution < -0.4 is 10.5 Å². The lowest BCUT2D eigenvalue weighted by Crippen LogP contribution is -2.27. The summed E-state index contributed by atoms with van der Waals surface area (Å²) in [5.41, 5.74) is 8.06. The molecule has 162 valence electrons. The molecule has 0 spiro atoms. The maximum absolute atomic E-state index is 13.1. The van der Waals surface area contributed by atoms with E-state index in [1.807, 2.05) is 0 Å². The highest BCUT2D eigenvalue weighted by atomic mass is 19.4. The maximum Gasteiger partial charge on any atom is 0.417 e. The summed E-state index contributed by atoms with van der Waals surface area (Å²) in [6.45, 7) is 0.752. The fraction of sp³-hybridized carbons (Fsp3) is 0.286. The molecule has 3 heterocycles. The van der Waals surface area contributed by atoms with Crippen molar-refractivity contribution < 1.29 is 27.4 Å². The van der Waals surface area contributed by atoms with Gasteiger partial charge >= 0.3 is 6.18 Å². The van der Waals surface area contributed by atoms with Crippen LogP contribution in [0.15, 0.2) is 30.5 Å². The van der Waals surface area contributed by atoms with Crippen LogP contribution in [0.2, 0.25) is 0 Å². The van der Waals surface area contributed by atoms with Crippen LogP contribution in [0.3, 0.4) is 0 Å². The second-order valence-corrected chi connectivity index (χ2v) is 7.21. The number of anilines is 1. The summed E-state index contributed by atoms with van der Waals surface area (Å²) in [5, 5.41) is 0.743. The third-order valence-electron chi connectivity index (χ3n) is 5.18. The molecule has 10 heteroatoms. The van der Waals surface area contributed by atoms with E-state index in [1.165, 1.54) is 18.1 Å². The van der Waals surface area contributed by atoms with E-state index in [0.717, 1.165) is 28.8 Å². The molecule has 0 bridgehead atoms. The number of hydrogen-bond acceptors (Lipinski definition) is 6. The minimum absolute atomic E-state index is 0.0272. The molecule has 1 aliphatic rings. The van der Waals surface area contributed by atoms with Crippen molar-refractivity contribution in [2.24, 2.45) is 0 Å². The van der Waals surface area contributed by atoms with Crippen LogP contribution in [0.4, 0.5) is 19.0 Å². The lowest BCUT2D eigenvalue weighted by atomic mass is 10.0. The van der Waals surface area contributed by atoms with Crippen molar-refractivity contribution in [1.29, 1.82) is 0 Å². The molecule has 0 atom stereocenters. The van der Waals surface area contributed by atoms with Crippen LogP contribution in [0.5, 0.6) is 5.75 Å². The number of alkyl halides is 3. The number of pyridine rings is 2. The van der Waals surface area contributed by atoms with Gasteiger partial charge in [-0.05, 0) is 23.8 Å². The Hall–Kier alpha value is -3.40. The van der Waals surface area contributed by atoms with Gasteiger partial charge in [0.1, 0.15) is 11.6 Å². The van der Waals surface area contributed by atoms with Gasteiger partial charge in [-0.15, -0.1) is 0 Å². The van der Waals surface area contributed by atoms with Crippen LogP contribution in [0, 0.1) is 0 Å². The van der Waals surface area contributed by atoms with E-state index in [1.54, 1.807) is 19.2 Å². The molecule has 1 aliphatic heterocycles. The van der Waals surface area contributed by atoms with Crippen LogP contribution >= 0.6 is 0 Å². The second-order valence-electron chi connectivity index (χ2n) is 7.21. The summed E-state index contributed by atoms with van der Waals surface area (Å²) < 4.78 is 49.0. The highest BCUT2D eigenvalue weighted by Crippen LogP contribution is 2.35. The predicted octanol–water partition coefficient (Wildman–Crippen LogP) is 3.54. The zero-order chi connectivity index (χ0) is 22.3. The molecule has 1 aromatic carbocycles. The summed E-state index contributed by atoms with van der Waals surface area (Å²) in [6, 6.07) is 5.52. The van der Waals surface area contributed by atoms with Gasteiger partial charge in [0.2, 0.25) is 0 Å². The van der Waals surface area contributed by atoms with Crippen molar-refractivity contribution in [3.05, 3.63) is 58.4 Å². The molecular formula is C21H19F3N4O3. The van der Waals surface area contributed by atoms with Crippen LogP contribution in [0.1, 0.15) is 32.7 Å². The van der Waals surface area contributed by atoms with Crippen molar-refractivity contribution in [2.45, 2.75) is 25.9 Å². The minimum atomic E-state index is -4.47. The van der Waals surface area contributed by atoms with Crippen molar-refractivity contribution in [1.82, 2.24) is 14.9 Å². The maximum atomic E-state index is 13.1.